The number of para-hydroxylation sites is 2. The predicted molar refractivity (Wildman–Crippen MR) is 117 cm³/mol. The van der Waals surface area contributed by atoms with Crippen molar-refractivity contribution < 1.29 is 9.59 Å². The number of aromatic amines is 1. The fraction of sp³-hybridized carbons (Fsp3) is 0.375. The highest BCUT2D eigenvalue weighted by Gasteiger charge is 2.32. The number of hydrogen-bond acceptors (Lipinski definition) is 3. The standard InChI is InChI=1S/C24H28N4O2/c1-24(2,3)17-12-10-16(11-13-17)23(30)25-15-21(29)28-14-6-9-20(28)22-26-18-7-4-5-8-19(18)27-22/h4-5,7-8,10-13,20H,6,9,14-15H2,1-3H3,(H,25,30)(H,26,27). The molecule has 2 aromatic carbocycles. The maximum atomic E-state index is 12.8. The van der Waals surface area contributed by atoms with Crippen LogP contribution in [0.15, 0.2) is 48.5 Å². The molecule has 6 heteroatoms. The highest BCUT2D eigenvalue weighted by atomic mass is 16.2. The third-order valence-electron chi connectivity index (χ3n) is 5.71. The lowest BCUT2D eigenvalue weighted by molar-refractivity contribution is -0.131. The summed E-state index contributed by atoms with van der Waals surface area (Å²) >= 11 is 0. The Morgan fingerprint density at radius 1 is 1.13 bits per heavy atom. The SMILES string of the molecule is CC(C)(C)c1ccc(C(=O)NCC(=O)N2CCCC2c2nc3ccccc3[nH]2)cc1. The maximum Gasteiger partial charge on any atom is 0.251 e. The first-order valence-corrected chi connectivity index (χ1v) is 10.5. The summed E-state index contributed by atoms with van der Waals surface area (Å²) in [6.45, 7) is 7.06. The Bertz CT molecular complexity index is 1030. The topological polar surface area (TPSA) is 78.1 Å². The van der Waals surface area contributed by atoms with Gasteiger partial charge < -0.3 is 15.2 Å². The van der Waals surface area contributed by atoms with E-state index in [1.165, 1.54) is 5.56 Å². The highest BCUT2D eigenvalue weighted by molar-refractivity contribution is 5.96. The summed E-state index contributed by atoms with van der Waals surface area (Å²) in [7, 11) is 0. The molecule has 6 nitrogen and oxygen atoms in total. The van der Waals surface area contributed by atoms with Crippen LogP contribution in [0.4, 0.5) is 0 Å². The van der Waals surface area contributed by atoms with Crippen molar-refractivity contribution in [2.45, 2.75) is 45.1 Å². The van der Waals surface area contributed by atoms with E-state index in [1.54, 1.807) is 0 Å². The molecule has 156 valence electrons. The number of carbonyl (C=O) groups is 2. The van der Waals surface area contributed by atoms with Gasteiger partial charge in [0.2, 0.25) is 5.91 Å². The zero-order valence-electron chi connectivity index (χ0n) is 17.7. The second kappa shape index (κ2) is 7.94. The van der Waals surface area contributed by atoms with Crippen molar-refractivity contribution in [2.24, 2.45) is 0 Å². The minimum Gasteiger partial charge on any atom is -0.343 e. The van der Waals surface area contributed by atoms with Crippen LogP contribution in [0, 0.1) is 0 Å². The number of nitrogens with one attached hydrogen (secondary N) is 2. The number of imidazole rings is 1. The lowest BCUT2D eigenvalue weighted by atomic mass is 9.87. The van der Waals surface area contributed by atoms with Crippen LogP contribution in [0.5, 0.6) is 0 Å². The van der Waals surface area contributed by atoms with Crippen LogP contribution < -0.4 is 5.32 Å². The van der Waals surface area contributed by atoms with Crippen LogP contribution in [0.25, 0.3) is 11.0 Å². The minimum atomic E-state index is -0.233. The normalized spacial score (nSPS) is 16.8. The van der Waals surface area contributed by atoms with E-state index >= 15 is 0 Å². The zero-order chi connectivity index (χ0) is 21.3. The van der Waals surface area contributed by atoms with E-state index in [2.05, 4.69) is 36.1 Å². The molecule has 1 saturated heterocycles. The Morgan fingerprint density at radius 2 is 1.87 bits per heavy atom. The van der Waals surface area contributed by atoms with E-state index in [1.807, 2.05) is 53.4 Å². The Morgan fingerprint density at radius 3 is 2.57 bits per heavy atom. The van der Waals surface area contributed by atoms with Crippen molar-refractivity contribution in [3.05, 3.63) is 65.5 Å². The Kier molecular flexibility index (Phi) is 5.33. The van der Waals surface area contributed by atoms with Crippen molar-refractivity contribution in [2.75, 3.05) is 13.1 Å². The van der Waals surface area contributed by atoms with Crippen LogP contribution in [0.3, 0.4) is 0 Å². The molecule has 2 N–H and O–H groups in total. The van der Waals surface area contributed by atoms with Gasteiger partial charge in [0, 0.05) is 12.1 Å². The number of fused-ring (bicyclic) bond motifs is 1. The van der Waals surface area contributed by atoms with Gasteiger partial charge in [-0.15, -0.1) is 0 Å². The average Bonchev–Trinajstić information content (AvgIpc) is 3.37. The highest BCUT2D eigenvalue weighted by Crippen LogP contribution is 2.31. The third-order valence-corrected chi connectivity index (χ3v) is 5.71. The lowest BCUT2D eigenvalue weighted by Gasteiger charge is -2.23. The van der Waals surface area contributed by atoms with Crippen molar-refractivity contribution in [3.63, 3.8) is 0 Å². The van der Waals surface area contributed by atoms with Gasteiger partial charge in [-0.25, -0.2) is 4.98 Å². The summed E-state index contributed by atoms with van der Waals surface area (Å²) in [5.74, 6) is 0.493. The Labute approximate surface area is 176 Å². The molecule has 0 spiro atoms. The molecule has 2 amide bonds. The molecule has 4 rings (SSSR count). The second-order valence-electron chi connectivity index (χ2n) is 8.89. The van der Waals surface area contributed by atoms with E-state index < -0.39 is 0 Å². The molecule has 0 aliphatic carbocycles. The fourth-order valence-electron chi connectivity index (χ4n) is 3.96. The first kappa shape index (κ1) is 20.1. The number of aromatic nitrogens is 2. The Hall–Kier alpha value is -3.15. The van der Waals surface area contributed by atoms with Gasteiger partial charge in [-0.1, -0.05) is 45.0 Å². The van der Waals surface area contributed by atoms with E-state index in [0.717, 1.165) is 29.7 Å². The average molecular weight is 405 g/mol. The fourth-order valence-corrected chi connectivity index (χ4v) is 3.96. The number of nitrogens with zero attached hydrogens (tertiary/aromatic N) is 2. The number of benzene rings is 2. The molecule has 1 aliphatic rings. The summed E-state index contributed by atoms with van der Waals surface area (Å²) in [6, 6.07) is 15.3. The van der Waals surface area contributed by atoms with Gasteiger partial charge >= 0.3 is 0 Å². The monoisotopic (exact) mass is 404 g/mol. The van der Waals surface area contributed by atoms with Crippen molar-refractivity contribution in [1.29, 1.82) is 0 Å². The first-order chi connectivity index (χ1) is 14.3. The molecule has 1 unspecified atom stereocenters. The maximum absolute atomic E-state index is 12.8. The number of hydrogen-bond donors (Lipinski definition) is 2. The van der Waals surface area contributed by atoms with Crippen molar-refractivity contribution >= 4 is 22.8 Å². The van der Waals surface area contributed by atoms with E-state index in [4.69, 9.17) is 0 Å². The number of rotatable bonds is 4. The third kappa shape index (κ3) is 4.08. The molecule has 0 bridgehead atoms. The molecule has 1 atom stereocenters. The molecular weight excluding hydrogens is 376 g/mol. The number of H-pyrrole nitrogens is 1. The van der Waals surface area contributed by atoms with Gasteiger partial charge in [0.1, 0.15) is 5.82 Å². The molecular formula is C24H28N4O2. The lowest BCUT2D eigenvalue weighted by Crippen LogP contribution is -2.40. The molecule has 1 aromatic heterocycles. The number of amides is 2. The summed E-state index contributed by atoms with van der Waals surface area (Å²) < 4.78 is 0. The van der Waals surface area contributed by atoms with Gasteiger partial charge in [-0.3, -0.25) is 9.59 Å². The smallest absolute Gasteiger partial charge is 0.251 e. The van der Waals surface area contributed by atoms with Crippen molar-refractivity contribution in [1.82, 2.24) is 20.2 Å². The largest absolute Gasteiger partial charge is 0.343 e. The Balaban J connectivity index is 1.40. The van der Waals surface area contributed by atoms with E-state index in [0.29, 0.717) is 12.1 Å². The summed E-state index contributed by atoms with van der Waals surface area (Å²) in [6.07, 6.45) is 1.80. The summed E-state index contributed by atoms with van der Waals surface area (Å²) in [5.41, 5.74) is 3.64. The first-order valence-electron chi connectivity index (χ1n) is 10.5. The van der Waals surface area contributed by atoms with Gasteiger partial charge in [0.25, 0.3) is 5.91 Å². The van der Waals surface area contributed by atoms with Crippen LogP contribution >= 0.6 is 0 Å². The van der Waals surface area contributed by atoms with Gasteiger partial charge in [0.05, 0.1) is 23.6 Å². The summed E-state index contributed by atoms with van der Waals surface area (Å²) in [4.78, 5) is 35.1. The minimum absolute atomic E-state index is 0.0173. The number of carbonyl (C=O) groups excluding carboxylic acids is 2. The van der Waals surface area contributed by atoms with Crippen LogP contribution in [-0.2, 0) is 10.2 Å². The molecule has 0 radical (unpaired) electrons. The molecule has 0 saturated carbocycles. The molecule has 30 heavy (non-hydrogen) atoms. The van der Waals surface area contributed by atoms with E-state index in [-0.39, 0.29) is 29.8 Å². The molecule has 2 heterocycles. The zero-order valence-corrected chi connectivity index (χ0v) is 17.7. The second-order valence-corrected chi connectivity index (χ2v) is 8.89. The molecule has 1 aliphatic heterocycles. The van der Waals surface area contributed by atoms with Crippen LogP contribution in [0.1, 0.15) is 61.4 Å². The molecule has 3 aromatic rings. The van der Waals surface area contributed by atoms with Crippen LogP contribution in [0.2, 0.25) is 0 Å². The summed E-state index contributed by atoms with van der Waals surface area (Å²) in [5, 5.41) is 2.77. The predicted octanol–water partition coefficient (Wildman–Crippen LogP) is 3.95. The van der Waals surface area contributed by atoms with Crippen LogP contribution in [-0.4, -0.2) is 39.8 Å². The quantitative estimate of drug-likeness (QED) is 0.691. The van der Waals surface area contributed by atoms with Gasteiger partial charge in [0.15, 0.2) is 0 Å². The van der Waals surface area contributed by atoms with Crippen molar-refractivity contribution in [3.8, 4) is 0 Å². The van der Waals surface area contributed by atoms with Gasteiger partial charge in [-0.2, -0.15) is 0 Å². The molecule has 1 fully saturated rings. The van der Waals surface area contributed by atoms with E-state index in [9.17, 15) is 9.59 Å². The number of likely N-dealkylation sites (tertiary alicyclic amines) is 1. The van der Waals surface area contributed by atoms with Gasteiger partial charge in [-0.05, 0) is 48.1 Å².